The van der Waals surface area contributed by atoms with Crippen LogP contribution in [0.2, 0.25) is 0 Å². The summed E-state index contributed by atoms with van der Waals surface area (Å²) < 4.78 is 11.5. The smallest absolute Gasteiger partial charge is 0.225 e. The fraction of sp³-hybridized carbons (Fsp3) is 0.583. The summed E-state index contributed by atoms with van der Waals surface area (Å²) in [6.07, 6.45) is 6.42. The number of aromatic nitrogens is 1. The molecule has 0 N–H and O–H groups in total. The Labute approximate surface area is 179 Å². The molecule has 3 heterocycles. The first-order valence-corrected chi connectivity index (χ1v) is 11.0. The van der Waals surface area contributed by atoms with Crippen LogP contribution in [0, 0.1) is 5.92 Å². The molecule has 1 atom stereocenters. The highest BCUT2D eigenvalue weighted by atomic mass is 16.5. The molecule has 1 aromatic heterocycles. The van der Waals surface area contributed by atoms with E-state index in [1.54, 1.807) is 7.11 Å². The van der Waals surface area contributed by atoms with Gasteiger partial charge in [0.2, 0.25) is 11.8 Å². The van der Waals surface area contributed by atoms with Crippen molar-refractivity contribution in [3.05, 3.63) is 47.7 Å². The van der Waals surface area contributed by atoms with Gasteiger partial charge in [-0.1, -0.05) is 12.1 Å². The Morgan fingerprint density at radius 1 is 1.30 bits per heavy atom. The first-order valence-electron chi connectivity index (χ1n) is 11.0. The summed E-state index contributed by atoms with van der Waals surface area (Å²) in [5, 5.41) is 0. The van der Waals surface area contributed by atoms with Crippen molar-refractivity contribution in [1.82, 2.24) is 14.8 Å². The lowest BCUT2D eigenvalue weighted by Crippen LogP contribution is -2.50. The van der Waals surface area contributed by atoms with Gasteiger partial charge in [0.1, 0.15) is 11.5 Å². The predicted octanol–water partition coefficient (Wildman–Crippen LogP) is 3.50. The first-order chi connectivity index (χ1) is 14.5. The van der Waals surface area contributed by atoms with Gasteiger partial charge in [-0.05, 0) is 70.4 Å². The molecule has 0 unspecified atom stereocenters. The van der Waals surface area contributed by atoms with Gasteiger partial charge in [-0.15, -0.1) is 0 Å². The minimum Gasteiger partial charge on any atom is -0.497 e. The topological polar surface area (TPSA) is 58.8 Å². The summed E-state index contributed by atoms with van der Waals surface area (Å²) in [6.45, 7) is 5.74. The van der Waals surface area contributed by atoms with Crippen LogP contribution in [0.3, 0.4) is 0 Å². The largest absolute Gasteiger partial charge is 0.497 e. The van der Waals surface area contributed by atoms with Gasteiger partial charge < -0.3 is 19.0 Å². The molecule has 1 aromatic carbocycles. The zero-order valence-electron chi connectivity index (χ0n) is 18.4. The van der Waals surface area contributed by atoms with Crippen LogP contribution in [-0.2, 0) is 16.6 Å². The summed E-state index contributed by atoms with van der Waals surface area (Å²) in [7, 11) is 3.80. The third kappa shape index (κ3) is 4.53. The fourth-order valence-corrected chi connectivity index (χ4v) is 4.77. The lowest BCUT2D eigenvalue weighted by Gasteiger charge is -2.41. The Morgan fingerprint density at radius 2 is 2.10 bits per heavy atom. The van der Waals surface area contributed by atoms with Crippen LogP contribution in [0.25, 0.3) is 0 Å². The molecule has 0 bridgehead atoms. The molecule has 2 saturated heterocycles. The van der Waals surface area contributed by atoms with Gasteiger partial charge in [0.25, 0.3) is 0 Å². The number of nitrogens with zero attached hydrogens (tertiary/aromatic N) is 3. The second-order valence-corrected chi connectivity index (χ2v) is 9.16. The first kappa shape index (κ1) is 20.9. The van der Waals surface area contributed by atoms with Crippen LogP contribution in [0.15, 0.2) is 34.9 Å². The maximum atomic E-state index is 13.1. The number of hydrogen-bond acceptors (Lipinski definition) is 5. The Kier molecular flexibility index (Phi) is 6.14. The van der Waals surface area contributed by atoms with Crippen LogP contribution in [0.1, 0.15) is 49.8 Å². The van der Waals surface area contributed by atoms with E-state index in [4.69, 9.17) is 9.15 Å². The molecule has 0 aliphatic carbocycles. The average Bonchev–Trinajstić information content (AvgIpc) is 3.23. The number of methoxy groups -OCH3 is 1. The van der Waals surface area contributed by atoms with E-state index in [0.29, 0.717) is 18.9 Å². The van der Waals surface area contributed by atoms with Crippen molar-refractivity contribution in [3.63, 3.8) is 0 Å². The van der Waals surface area contributed by atoms with Crippen LogP contribution < -0.4 is 4.74 Å². The summed E-state index contributed by atoms with van der Waals surface area (Å²) in [5.74, 6) is 2.92. The minimum atomic E-state index is -0.230. The van der Waals surface area contributed by atoms with Crippen LogP contribution in [0.4, 0.5) is 0 Å². The van der Waals surface area contributed by atoms with Crippen molar-refractivity contribution >= 4 is 5.91 Å². The highest BCUT2D eigenvalue weighted by Crippen LogP contribution is 2.35. The van der Waals surface area contributed by atoms with Crippen molar-refractivity contribution < 1.29 is 13.9 Å². The number of rotatable bonds is 5. The SMILES string of the molecule is COc1cccc(Cc2cnc([C@]3(C)CCCN(C(=O)C4CCN(C)CC4)C3)o2)c1. The van der Waals surface area contributed by atoms with Crippen molar-refractivity contribution in [2.24, 2.45) is 5.92 Å². The fourth-order valence-electron chi connectivity index (χ4n) is 4.77. The molecule has 2 aromatic rings. The number of likely N-dealkylation sites (tertiary alicyclic amines) is 2. The molecular formula is C24H33N3O3. The Hall–Kier alpha value is -2.34. The monoisotopic (exact) mass is 411 g/mol. The standard InChI is InChI=1S/C24H33N3O3/c1-24(10-5-11-27(17-24)22(28)19-8-12-26(2)13-9-19)23-25-16-21(30-23)15-18-6-4-7-20(14-18)29-3/h4,6-7,14,16,19H,5,8-13,15,17H2,1-3H3/t24-/m1/s1. The molecule has 0 radical (unpaired) electrons. The number of piperidine rings is 2. The number of oxazole rings is 1. The average molecular weight is 412 g/mol. The summed E-state index contributed by atoms with van der Waals surface area (Å²) in [5.41, 5.74) is 0.899. The third-order valence-corrected chi connectivity index (χ3v) is 6.66. The lowest BCUT2D eigenvalue weighted by molar-refractivity contribution is -0.139. The van der Waals surface area contributed by atoms with Crippen LogP contribution >= 0.6 is 0 Å². The second-order valence-electron chi connectivity index (χ2n) is 9.16. The van der Waals surface area contributed by atoms with Gasteiger partial charge in [-0.3, -0.25) is 4.79 Å². The van der Waals surface area contributed by atoms with E-state index in [1.807, 2.05) is 24.4 Å². The molecule has 2 aliphatic rings. The number of carbonyl (C=O) groups excluding carboxylic acids is 1. The third-order valence-electron chi connectivity index (χ3n) is 6.66. The van der Waals surface area contributed by atoms with E-state index < -0.39 is 0 Å². The van der Waals surface area contributed by atoms with Gasteiger partial charge in [-0.25, -0.2) is 4.98 Å². The number of hydrogen-bond donors (Lipinski definition) is 0. The molecule has 162 valence electrons. The molecule has 4 rings (SSSR count). The summed E-state index contributed by atoms with van der Waals surface area (Å²) >= 11 is 0. The maximum absolute atomic E-state index is 13.1. The normalized spacial score (nSPS) is 23.5. The van der Waals surface area contributed by atoms with E-state index in [1.165, 1.54) is 0 Å². The van der Waals surface area contributed by atoms with Gasteiger partial charge >= 0.3 is 0 Å². The Balaban J connectivity index is 1.43. The molecular weight excluding hydrogens is 378 g/mol. The predicted molar refractivity (Wildman–Crippen MR) is 116 cm³/mol. The minimum absolute atomic E-state index is 0.164. The van der Waals surface area contributed by atoms with E-state index in [2.05, 4.69) is 34.8 Å². The zero-order chi connectivity index (χ0) is 21.1. The maximum Gasteiger partial charge on any atom is 0.225 e. The lowest BCUT2D eigenvalue weighted by atomic mass is 9.81. The molecule has 6 nitrogen and oxygen atoms in total. The molecule has 6 heteroatoms. The molecule has 0 saturated carbocycles. The molecule has 2 aliphatic heterocycles. The van der Waals surface area contributed by atoms with E-state index in [-0.39, 0.29) is 11.3 Å². The van der Waals surface area contributed by atoms with Gasteiger partial charge in [-0.2, -0.15) is 0 Å². The number of carbonyl (C=O) groups is 1. The molecule has 30 heavy (non-hydrogen) atoms. The van der Waals surface area contributed by atoms with E-state index in [0.717, 1.165) is 68.3 Å². The van der Waals surface area contributed by atoms with Crippen molar-refractivity contribution in [2.45, 2.75) is 44.4 Å². The van der Waals surface area contributed by atoms with Gasteiger partial charge in [0.15, 0.2) is 0 Å². The van der Waals surface area contributed by atoms with Crippen LogP contribution in [0.5, 0.6) is 5.75 Å². The van der Waals surface area contributed by atoms with Crippen molar-refractivity contribution in [3.8, 4) is 5.75 Å². The van der Waals surface area contributed by atoms with Crippen molar-refractivity contribution in [1.29, 1.82) is 0 Å². The van der Waals surface area contributed by atoms with Crippen molar-refractivity contribution in [2.75, 3.05) is 40.3 Å². The van der Waals surface area contributed by atoms with Gasteiger partial charge in [0, 0.05) is 25.4 Å². The van der Waals surface area contributed by atoms with Crippen LogP contribution in [-0.4, -0.2) is 61.0 Å². The molecule has 2 fully saturated rings. The Bertz CT molecular complexity index is 872. The number of ether oxygens (including phenoxy) is 1. The molecule has 0 spiro atoms. The van der Waals surface area contributed by atoms with Gasteiger partial charge in [0.05, 0.1) is 18.7 Å². The zero-order valence-corrected chi connectivity index (χ0v) is 18.4. The van der Waals surface area contributed by atoms with E-state index >= 15 is 0 Å². The number of amides is 1. The summed E-state index contributed by atoms with van der Waals surface area (Å²) in [4.78, 5) is 22.1. The van der Waals surface area contributed by atoms with E-state index in [9.17, 15) is 4.79 Å². The quantitative estimate of drug-likeness (QED) is 0.754. The second kappa shape index (κ2) is 8.80. The Morgan fingerprint density at radius 3 is 2.87 bits per heavy atom. The highest BCUT2D eigenvalue weighted by molar-refractivity contribution is 5.79. The highest BCUT2D eigenvalue weighted by Gasteiger charge is 2.40. The summed E-state index contributed by atoms with van der Waals surface area (Å²) in [6, 6.07) is 8.01. The molecule has 1 amide bonds. The number of benzene rings is 1.